The Labute approximate surface area is 126 Å². The maximum Gasteiger partial charge on any atom is 0.435 e. The lowest BCUT2D eigenvalue weighted by atomic mass is 9.99. The number of hydrogen-bond donors (Lipinski definition) is 2. The summed E-state index contributed by atoms with van der Waals surface area (Å²) in [5.41, 5.74) is 6.55. The number of carbonyl (C=O) groups is 2. The van der Waals surface area contributed by atoms with E-state index in [0.29, 0.717) is 5.71 Å². The quantitative estimate of drug-likeness (QED) is 0.889. The minimum atomic E-state index is -1.33. The standard InChI is InChI=1S/C15H11NO2.CH3NO2/c17-15-16-13(11-7-3-1-4-8-11)14(18-15)12-9-5-2-6-10-12;2-1(3)4/h1-10,14H;2H2,(H,3,4). The number of cyclic esters (lactones) is 1. The molecule has 112 valence electrons. The van der Waals surface area contributed by atoms with Gasteiger partial charge in [0.2, 0.25) is 0 Å². The molecule has 1 heterocycles. The van der Waals surface area contributed by atoms with Gasteiger partial charge in [-0.25, -0.2) is 9.59 Å². The number of benzene rings is 2. The van der Waals surface area contributed by atoms with Crippen molar-refractivity contribution in [3.8, 4) is 0 Å². The van der Waals surface area contributed by atoms with Crippen LogP contribution < -0.4 is 5.73 Å². The fourth-order valence-corrected chi connectivity index (χ4v) is 2.02. The van der Waals surface area contributed by atoms with Gasteiger partial charge in [-0.1, -0.05) is 60.7 Å². The van der Waals surface area contributed by atoms with Crippen molar-refractivity contribution in [1.29, 1.82) is 0 Å². The molecular weight excluding hydrogens is 284 g/mol. The molecule has 0 fully saturated rings. The molecule has 0 saturated carbocycles. The molecular formula is C16H14N2O4. The SMILES string of the molecule is NC(=O)O.O=C1N=C(c2ccccc2)C(c2ccccc2)O1. The summed E-state index contributed by atoms with van der Waals surface area (Å²) in [6.45, 7) is 0. The number of hydrogen-bond acceptors (Lipinski definition) is 3. The Kier molecular flexibility index (Phi) is 4.87. The van der Waals surface area contributed by atoms with Gasteiger partial charge in [0.05, 0.1) is 0 Å². The van der Waals surface area contributed by atoms with Crippen LogP contribution in [0.1, 0.15) is 17.2 Å². The number of aliphatic imine (C=N–C) groups is 1. The summed E-state index contributed by atoms with van der Waals surface area (Å²) >= 11 is 0. The summed E-state index contributed by atoms with van der Waals surface area (Å²) in [6.07, 6.45) is -2.26. The molecule has 3 N–H and O–H groups in total. The molecule has 0 saturated heterocycles. The molecule has 0 bridgehead atoms. The van der Waals surface area contributed by atoms with Crippen molar-refractivity contribution >= 4 is 17.9 Å². The van der Waals surface area contributed by atoms with Crippen molar-refractivity contribution in [3.05, 3.63) is 71.8 Å². The lowest BCUT2D eigenvalue weighted by molar-refractivity contribution is 0.149. The van der Waals surface area contributed by atoms with Crippen molar-refractivity contribution in [2.45, 2.75) is 6.10 Å². The van der Waals surface area contributed by atoms with Gasteiger partial charge >= 0.3 is 12.2 Å². The predicted molar refractivity (Wildman–Crippen MR) is 80.9 cm³/mol. The van der Waals surface area contributed by atoms with Crippen molar-refractivity contribution in [1.82, 2.24) is 0 Å². The van der Waals surface area contributed by atoms with E-state index in [9.17, 15) is 4.79 Å². The second-order valence-electron chi connectivity index (χ2n) is 4.38. The first-order valence-electron chi connectivity index (χ1n) is 6.46. The molecule has 1 aliphatic rings. The minimum absolute atomic E-state index is 0.402. The lowest BCUT2D eigenvalue weighted by Crippen LogP contribution is -2.11. The Morgan fingerprint density at radius 1 is 1.05 bits per heavy atom. The second-order valence-corrected chi connectivity index (χ2v) is 4.38. The third-order valence-corrected chi connectivity index (χ3v) is 2.85. The highest BCUT2D eigenvalue weighted by Gasteiger charge is 2.30. The van der Waals surface area contributed by atoms with Crippen LogP contribution in [0.3, 0.4) is 0 Å². The van der Waals surface area contributed by atoms with Crippen molar-refractivity contribution in [3.63, 3.8) is 0 Å². The Hall–Kier alpha value is -3.15. The molecule has 6 nitrogen and oxygen atoms in total. The van der Waals surface area contributed by atoms with E-state index in [-0.39, 0.29) is 0 Å². The predicted octanol–water partition coefficient (Wildman–Crippen LogP) is 2.99. The zero-order chi connectivity index (χ0) is 15.9. The van der Waals surface area contributed by atoms with Gasteiger partial charge in [-0.05, 0) is 5.56 Å². The van der Waals surface area contributed by atoms with Crippen LogP contribution in [0.4, 0.5) is 9.59 Å². The molecule has 0 aliphatic carbocycles. The number of carboxylic acid groups (broad SMARTS) is 1. The van der Waals surface area contributed by atoms with Gasteiger partial charge < -0.3 is 15.6 Å². The molecule has 22 heavy (non-hydrogen) atoms. The van der Waals surface area contributed by atoms with E-state index in [1.165, 1.54) is 0 Å². The summed E-state index contributed by atoms with van der Waals surface area (Å²) in [5, 5.41) is 7.19. The number of rotatable bonds is 2. The molecule has 2 aromatic rings. The average Bonchev–Trinajstić information content (AvgIpc) is 2.90. The number of nitrogens with zero attached hydrogens (tertiary/aromatic N) is 1. The van der Waals surface area contributed by atoms with Crippen LogP contribution in [0, 0.1) is 0 Å². The van der Waals surface area contributed by atoms with Crippen LogP contribution in [-0.4, -0.2) is 23.0 Å². The Morgan fingerprint density at radius 2 is 1.55 bits per heavy atom. The average molecular weight is 298 g/mol. The number of primary amides is 1. The number of amides is 2. The van der Waals surface area contributed by atoms with E-state index in [2.05, 4.69) is 10.7 Å². The third kappa shape index (κ3) is 3.92. The molecule has 2 aromatic carbocycles. The largest absolute Gasteiger partial charge is 0.465 e. The van der Waals surface area contributed by atoms with E-state index >= 15 is 0 Å². The zero-order valence-electron chi connectivity index (χ0n) is 11.5. The molecule has 0 aromatic heterocycles. The topological polar surface area (TPSA) is 102 Å². The molecule has 2 amide bonds. The van der Waals surface area contributed by atoms with Crippen LogP contribution in [-0.2, 0) is 4.74 Å². The maximum absolute atomic E-state index is 11.4. The van der Waals surface area contributed by atoms with Crippen molar-refractivity contribution < 1.29 is 19.4 Å². The van der Waals surface area contributed by atoms with Gasteiger partial charge in [-0.2, -0.15) is 4.99 Å². The number of ether oxygens (including phenoxy) is 1. The van der Waals surface area contributed by atoms with Gasteiger partial charge in [-0.15, -0.1) is 0 Å². The van der Waals surface area contributed by atoms with Gasteiger partial charge in [0.1, 0.15) is 5.71 Å². The van der Waals surface area contributed by atoms with Crippen LogP contribution in [0.2, 0.25) is 0 Å². The Morgan fingerprint density at radius 3 is 2.09 bits per heavy atom. The molecule has 0 radical (unpaired) electrons. The summed E-state index contributed by atoms with van der Waals surface area (Å²) in [4.78, 5) is 24.2. The van der Waals surface area contributed by atoms with E-state index in [1.807, 2.05) is 60.7 Å². The Bertz CT molecular complexity index is 680. The Balaban J connectivity index is 0.000000396. The summed E-state index contributed by atoms with van der Waals surface area (Å²) in [7, 11) is 0. The highest BCUT2D eigenvalue weighted by Crippen LogP contribution is 2.28. The van der Waals surface area contributed by atoms with Crippen LogP contribution >= 0.6 is 0 Å². The normalized spacial score (nSPS) is 16.1. The first kappa shape index (κ1) is 15.2. The van der Waals surface area contributed by atoms with Crippen molar-refractivity contribution in [2.75, 3.05) is 0 Å². The summed E-state index contributed by atoms with van der Waals surface area (Å²) < 4.78 is 5.27. The van der Waals surface area contributed by atoms with E-state index in [0.717, 1.165) is 11.1 Å². The van der Waals surface area contributed by atoms with Crippen molar-refractivity contribution in [2.24, 2.45) is 10.7 Å². The van der Waals surface area contributed by atoms with Gasteiger partial charge in [0, 0.05) is 5.56 Å². The molecule has 1 unspecified atom stereocenters. The minimum Gasteiger partial charge on any atom is -0.465 e. The zero-order valence-corrected chi connectivity index (χ0v) is 11.5. The third-order valence-electron chi connectivity index (χ3n) is 2.85. The number of carbonyl (C=O) groups excluding carboxylic acids is 1. The highest BCUT2D eigenvalue weighted by atomic mass is 16.6. The molecule has 3 rings (SSSR count). The van der Waals surface area contributed by atoms with Gasteiger partial charge in [-0.3, -0.25) is 0 Å². The fourth-order valence-electron chi connectivity index (χ4n) is 2.02. The first-order chi connectivity index (χ1) is 10.6. The fraction of sp³-hybridized carbons (Fsp3) is 0.0625. The molecule has 6 heteroatoms. The molecule has 0 spiro atoms. The van der Waals surface area contributed by atoms with Gasteiger partial charge in [0.25, 0.3) is 0 Å². The smallest absolute Gasteiger partial charge is 0.435 e. The van der Waals surface area contributed by atoms with Crippen LogP contribution in [0.15, 0.2) is 65.7 Å². The van der Waals surface area contributed by atoms with E-state index in [4.69, 9.17) is 14.6 Å². The molecule has 1 atom stereocenters. The van der Waals surface area contributed by atoms with E-state index in [1.54, 1.807) is 0 Å². The first-order valence-corrected chi connectivity index (χ1v) is 6.46. The lowest BCUT2D eigenvalue weighted by Gasteiger charge is -2.12. The maximum atomic E-state index is 11.4. The summed E-state index contributed by atoms with van der Waals surface area (Å²) in [5.74, 6) is 0. The highest BCUT2D eigenvalue weighted by molar-refractivity contribution is 6.11. The molecule has 1 aliphatic heterocycles. The number of nitrogens with two attached hydrogens (primary N) is 1. The second kappa shape index (κ2) is 7.03. The van der Waals surface area contributed by atoms with E-state index < -0.39 is 18.3 Å². The van der Waals surface area contributed by atoms with Crippen LogP contribution in [0.5, 0.6) is 0 Å². The monoisotopic (exact) mass is 298 g/mol. The van der Waals surface area contributed by atoms with Crippen LogP contribution in [0.25, 0.3) is 0 Å². The van der Waals surface area contributed by atoms with Gasteiger partial charge in [0.15, 0.2) is 6.10 Å². The summed E-state index contributed by atoms with van der Waals surface area (Å²) in [6, 6.07) is 19.3.